The first-order chi connectivity index (χ1) is 10.7. The summed E-state index contributed by atoms with van der Waals surface area (Å²) in [6.07, 6.45) is -0.959. The van der Waals surface area contributed by atoms with Gasteiger partial charge in [0.2, 0.25) is 0 Å². The summed E-state index contributed by atoms with van der Waals surface area (Å²) in [4.78, 5) is 23.9. The number of benzene rings is 1. The average Bonchev–Trinajstić information content (AvgIpc) is 2.35. The van der Waals surface area contributed by atoms with Gasteiger partial charge in [0.1, 0.15) is 11.2 Å². The Kier molecular flexibility index (Phi) is 5.58. The van der Waals surface area contributed by atoms with Crippen LogP contribution >= 0.6 is 0 Å². The first-order valence-corrected chi connectivity index (χ1v) is 7.43. The van der Waals surface area contributed by atoms with E-state index in [-0.39, 0.29) is 11.1 Å². The van der Waals surface area contributed by atoms with E-state index in [0.717, 1.165) is 6.07 Å². The topological polar surface area (TPSA) is 64.6 Å². The lowest BCUT2D eigenvalue weighted by Gasteiger charge is -2.22. The van der Waals surface area contributed by atoms with Gasteiger partial charge in [0.05, 0.1) is 11.3 Å². The van der Waals surface area contributed by atoms with Crippen molar-refractivity contribution in [1.82, 2.24) is 0 Å². The van der Waals surface area contributed by atoms with Crippen LogP contribution in [0.3, 0.4) is 0 Å². The van der Waals surface area contributed by atoms with E-state index in [4.69, 9.17) is 9.47 Å². The summed E-state index contributed by atoms with van der Waals surface area (Å²) >= 11 is 0. The second-order valence-electron chi connectivity index (χ2n) is 7.35. The maximum Gasteiger partial charge on any atom is 0.412 e. The maximum absolute atomic E-state index is 14.1. The molecule has 0 aromatic heterocycles. The molecule has 0 bridgehead atoms. The number of rotatable bonds is 2. The maximum atomic E-state index is 14.1. The highest BCUT2D eigenvalue weighted by Crippen LogP contribution is 2.26. The van der Waals surface area contributed by atoms with Gasteiger partial charge in [0.25, 0.3) is 0 Å². The monoisotopic (exact) mass is 343 g/mol. The molecule has 0 fully saturated rings. The molecule has 7 heteroatoms. The fourth-order valence-corrected chi connectivity index (χ4v) is 1.77. The summed E-state index contributed by atoms with van der Waals surface area (Å²) in [7, 11) is 0. The highest BCUT2D eigenvalue weighted by molar-refractivity contribution is 5.94. The number of esters is 1. The van der Waals surface area contributed by atoms with Gasteiger partial charge in [-0.05, 0) is 54.5 Å². The molecule has 0 heterocycles. The van der Waals surface area contributed by atoms with Gasteiger partial charge in [-0.1, -0.05) is 0 Å². The average molecular weight is 343 g/mol. The van der Waals surface area contributed by atoms with Crippen molar-refractivity contribution in [2.45, 2.75) is 59.7 Å². The minimum atomic E-state index is -1.27. The number of carbonyl (C=O) groups is 2. The molecule has 0 aliphatic rings. The van der Waals surface area contributed by atoms with Crippen LogP contribution in [0.5, 0.6) is 0 Å². The third-order valence-corrected chi connectivity index (χ3v) is 2.71. The predicted molar refractivity (Wildman–Crippen MR) is 86.1 cm³/mol. The van der Waals surface area contributed by atoms with Gasteiger partial charge in [-0.2, -0.15) is 0 Å². The third-order valence-electron chi connectivity index (χ3n) is 2.71. The van der Waals surface area contributed by atoms with Gasteiger partial charge in [-0.15, -0.1) is 0 Å². The molecule has 0 unspecified atom stereocenters. The molecule has 0 aliphatic heterocycles. The van der Waals surface area contributed by atoms with Crippen molar-refractivity contribution in [3.05, 3.63) is 28.8 Å². The van der Waals surface area contributed by atoms with Gasteiger partial charge in [0, 0.05) is 5.56 Å². The largest absolute Gasteiger partial charge is 0.456 e. The SMILES string of the molecule is Cc1c(C(=O)OC(C)(C)C)cc(NC(=O)OC(C)(C)C)c(F)c1F. The fourth-order valence-electron chi connectivity index (χ4n) is 1.77. The van der Waals surface area contributed by atoms with E-state index in [9.17, 15) is 18.4 Å². The van der Waals surface area contributed by atoms with E-state index in [1.807, 2.05) is 0 Å². The van der Waals surface area contributed by atoms with Crippen molar-refractivity contribution in [3.8, 4) is 0 Å². The minimum absolute atomic E-state index is 0.171. The molecular weight excluding hydrogens is 320 g/mol. The molecule has 5 nitrogen and oxygen atoms in total. The summed E-state index contributed by atoms with van der Waals surface area (Å²) in [5.74, 6) is -3.32. The number of halogens is 2. The Morgan fingerprint density at radius 2 is 1.46 bits per heavy atom. The second-order valence-corrected chi connectivity index (χ2v) is 7.35. The summed E-state index contributed by atoms with van der Waals surface area (Å²) in [5.41, 5.74) is -2.47. The second kappa shape index (κ2) is 6.75. The van der Waals surface area contributed by atoms with Crippen LogP contribution in [0.2, 0.25) is 0 Å². The van der Waals surface area contributed by atoms with Crippen molar-refractivity contribution in [1.29, 1.82) is 0 Å². The molecule has 0 radical (unpaired) electrons. The standard InChI is InChI=1S/C17H23F2NO4/c1-9-10(14(21)23-16(2,3)4)8-11(13(19)12(9)18)20-15(22)24-17(5,6)7/h8H,1-7H3,(H,20,22). The molecule has 1 amide bonds. The van der Waals surface area contributed by atoms with Crippen molar-refractivity contribution in [2.24, 2.45) is 0 Å². The highest BCUT2D eigenvalue weighted by atomic mass is 19.2. The van der Waals surface area contributed by atoms with E-state index >= 15 is 0 Å². The van der Waals surface area contributed by atoms with Crippen LogP contribution in [0.1, 0.15) is 57.5 Å². The lowest BCUT2D eigenvalue weighted by atomic mass is 10.1. The quantitative estimate of drug-likeness (QED) is 0.799. The summed E-state index contributed by atoms with van der Waals surface area (Å²) in [6, 6.07) is 1.03. The van der Waals surface area contributed by atoms with Crippen molar-refractivity contribution in [2.75, 3.05) is 5.32 Å². The zero-order valence-corrected chi connectivity index (χ0v) is 15.0. The van der Waals surface area contributed by atoms with Gasteiger partial charge in [-0.25, -0.2) is 18.4 Å². The van der Waals surface area contributed by atoms with Crippen LogP contribution in [-0.2, 0) is 9.47 Å². The van der Waals surface area contributed by atoms with E-state index in [1.54, 1.807) is 41.5 Å². The molecule has 1 aromatic rings. The van der Waals surface area contributed by atoms with E-state index in [2.05, 4.69) is 5.32 Å². The summed E-state index contributed by atoms with van der Waals surface area (Å²) in [5, 5.41) is 2.11. The predicted octanol–water partition coefficient (Wildman–Crippen LogP) is 4.58. The molecule has 24 heavy (non-hydrogen) atoms. The number of amides is 1. The molecule has 1 aromatic carbocycles. The van der Waals surface area contributed by atoms with Crippen LogP contribution in [0.25, 0.3) is 0 Å². The molecular formula is C17H23F2NO4. The Hall–Kier alpha value is -2.18. The van der Waals surface area contributed by atoms with Gasteiger partial charge >= 0.3 is 12.1 Å². The number of carbonyl (C=O) groups excluding carboxylic acids is 2. The lowest BCUT2D eigenvalue weighted by Crippen LogP contribution is -2.28. The normalized spacial score (nSPS) is 11.9. The molecule has 1 rings (SSSR count). The van der Waals surface area contributed by atoms with Crippen molar-refractivity contribution < 1.29 is 27.8 Å². The number of ether oxygens (including phenoxy) is 2. The number of hydrogen-bond donors (Lipinski definition) is 1. The van der Waals surface area contributed by atoms with E-state index in [0.29, 0.717) is 0 Å². The summed E-state index contributed by atoms with van der Waals surface area (Å²) in [6.45, 7) is 11.1. The zero-order valence-electron chi connectivity index (χ0n) is 15.0. The molecule has 0 saturated carbocycles. The lowest BCUT2D eigenvalue weighted by molar-refractivity contribution is 0.00677. The first kappa shape index (κ1) is 19.9. The molecule has 134 valence electrons. The Balaban J connectivity index is 3.19. The Morgan fingerprint density at radius 3 is 1.92 bits per heavy atom. The Bertz CT molecular complexity index is 658. The Morgan fingerprint density at radius 1 is 0.958 bits per heavy atom. The smallest absolute Gasteiger partial charge is 0.412 e. The van der Waals surface area contributed by atoms with Gasteiger partial charge in [0.15, 0.2) is 11.6 Å². The minimum Gasteiger partial charge on any atom is -0.456 e. The van der Waals surface area contributed by atoms with Gasteiger partial charge in [-0.3, -0.25) is 5.32 Å². The van der Waals surface area contributed by atoms with Gasteiger partial charge < -0.3 is 9.47 Å². The van der Waals surface area contributed by atoms with Crippen LogP contribution in [-0.4, -0.2) is 23.3 Å². The number of hydrogen-bond acceptors (Lipinski definition) is 4. The fraction of sp³-hybridized carbons (Fsp3) is 0.529. The van der Waals surface area contributed by atoms with Crippen LogP contribution in [0.15, 0.2) is 6.07 Å². The zero-order chi connectivity index (χ0) is 18.9. The number of nitrogens with one attached hydrogen (secondary N) is 1. The van der Waals surface area contributed by atoms with Crippen LogP contribution in [0, 0.1) is 18.6 Å². The molecule has 0 saturated heterocycles. The first-order valence-electron chi connectivity index (χ1n) is 7.43. The van der Waals surface area contributed by atoms with Crippen LogP contribution < -0.4 is 5.32 Å². The van der Waals surface area contributed by atoms with Crippen molar-refractivity contribution in [3.63, 3.8) is 0 Å². The number of anilines is 1. The third kappa shape index (κ3) is 5.47. The van der Waals surface area contributed by atoms with E-state index in [1.165, 1.54) is 6.92 Å². The van der Waals surface area contributed by atoms with Crippen molar-refractivity contribution >= 4 is 17.7 Å². The summed E-state index contributed by atoms with van der Waals surface area (Å²) < 4.78 is 38.3. The molecule has 0 spiro atoms. The highest BCUT2D eigenvalue weighted by Gasteiger charge is 2.26. The molecule has 0 atom stereocenters. The molecule has 0 aliphatic carbocycles. The molecule has 1 N–H and O–H groups in total. The van der Waals surface area contributed by atoms with E-state index < -0.39 is 40.6 Å². The van der Waals surface area contributed by atoms with Crippen LogP contribution in [0.4, 0.5) is 19.3 Å². The Labute approximate surface area is 140 Å².